The smallest absolute Gasteiger partial charge is 0.234 e. The Balaban J connectivity index is 1.39. The molecule has 0 radical (unpaired) electrons. The predicted octanol–water partition coefficient (Wildman–Crippen LogP) is 1.18. The van der Waals surface area contributed by atoms with Gasteiger partial charge in [-0.1, -0.05) is 0 Å². The molecule has 0 saturated heterocycles. The lowest BCUT2D eigenvalue weighted by Crippen LogP contribution is -2.51. The van der Waals surface area contributed by atoms with Crippen molar-refractivity contribution in [2.45, 2.75) is 69.1 Å². The topological polar surface area (TPSA) is 61.4 Å². The van der Waals surface area contributed by atoms with Crippen molar-refractivity contribution >= 4 is 5.91 Å². The van der Waals surface area contributed by atoms with Crippen LogP contribution >= 0.6 is 0 Å². The Morgan fingerprint density at radius 2 is 1.85 bits per heavy atom. The van der Waals surface area contributed by atoms with E-state index in [2.05, 4.69) is 10.6 Å². The summed E-state index contributed by atoms with van der Waals surface area (Å²) >= 11 is 0. The van der Waals surface area contributed by atoms with Crippen molar-refractivity contribution in [2.75, 3.05) is 6.54 Å². The number of amides is 1. The van der Waals surface area contributed by atoms with Crippen LogP contribution in [0.4, 0.5) is 0 Å². The minimum atomic E-state index is -0.0794. The molecule has 4 nitrogen and oxygen atoms in total. The van der Waals surface area contributed by atoms with E-state index in [4.69, 9.17) is 0 Å². The highest BCUT2D eigenvalue weighted by molar-refractivity contribution is 5.78. The molecular weight excluding hydrogens is 252 g/mol. The summed E-state index contributed by atoms with van der Waals surface area (Å²) in [7, 11) is 0. The fraction of sp³-hybridized carbons (Fsp3) is 0.938. The number of fused-ring (bicyclic) bond motifs is 2. The number of hydrogen-bond donors (Lipinski definition) is 3. The van der Waals surface area contributed by atoms with Crippen molar-refractivity contribution in [3.05, 3.63) is 0 Å². The van der Waals surface area contributed by atoms with Crippen molar-refractivity contribution in [1.29, 1.82) is 0 Å². The quantitative estimate of drug-likeness (QED) is 0.724. The second-order valence-electron chi connectivity index (χ2n) is 7.84. The van der Waals surface area contributed by atoms with Crippen LogP contribution in [0, 0.1) is 17.8 Å². The highest BCUT2D eigenvalue weighted by Gasteiger charge is 2.52. The zero-order valence-electron chi connectivity index (χ0n) is 12.1. The molecule has 5 unspecified atom stereocenters. The first-order valence-corrected chi connectivity index (χ1v) is 8.34. The van der Waals surface area contributed by atoms with Crippen LogP contribution in [0.2, 0.25) is 0 Å². The van der Waals surface area contributed by atoms with Gasteiger partial charge in [0.05, 0.1) is 12.6 Å². The van der Waals surface area contributed by atoms with Crippen LogP contribution in [0.25, 0.3) is 0 Å². The van der Waals surface area contributed by atoms with Crippen LogP contribution in [0.5, 0.6) is 0 Å². The van der Waals surface area contributed by atoms with Gasteiger partial charge in [-0.3, -0.25) is 4.79 Å². The maximum absolute atomic E-state index is 11.9. The number of nitrogens with one attached hydrogen (secondary N) is 2. The summed E-state index contributed by atoms with van der Waals surface area (Å²) in [5.41, 5.74) is 0.194. The van der Waals surface area contributed by atoms with Gasteiger partial charge >= 0.3 is 0 Å². The number of carbonyl (C=O) groups excluding carboxylic acids is 1. The van der Waals surface area contributed by atoms with E-state index < -0.39 is 0 Å². The summed E-state index contributed by atoms with van der Waals surface area (Å²) in [6.07, 6.45) is 9.04. The minimum Gasteiger partial charge on any atom is -0.393 e. The second-order valence-corrected chi connectivity index (χ2v) is 7.84. The molecule has 3 bridgehead atoms. The van der Waals surface area contributed by atoms with E-state index >= 15 is 0 Å². The number of carbonyl (C=O) groups is 1. The Labute approximate surface area is 120 Å². The molecule has 0 aromatic heterocycles. The molecule has 1 amide bonds. The SMILES string of the molecule is O=C(CNC12CC3CC(O)CC(C1)C(C3)C2)NC1CC1. The molecule has 0 heterocycles. The van der Waals surface area contributed by atoms with Gasteiger partial charge in [0, 0.05) is 11.6 Å². The monoisotopic (exact) mass is 278 g/mol. The summed E-state index contributed by atoms with van der Waals surface area (Å²) in [6.45, 7) is 0.477. The molecule has 112 valence electrons. The molecule has 3 N–H and O–H groups in total. The van der Waals surface area contributed by atoms with Gasteiger partial charge in [-0.2, -0.15) is 0 Å². The molecule has 0 aromatic carbocycles. The Morgan fingerprint density at radius 1 is 1.10 bits per heavy atom. The van der Waals surface area contributed by atoms with Gasteiger partial charge in [0.1, 0.15) is 0 Å². The lowest BCUT2D eigenvalue weighted by atomic mass is 9.75. The van der Waals surface area contributed by atoms with Crippen LogP contribution in [0.3, 0.4) is 0 Å². The molecule has 5 atom stereocenters. The first-order valence-electron chi connectivity index (χ1n) is 8.34. The van der Waals surface area contributed by atoms with E-state index in [1.807, 2.05) is 0 Å². The molecule has 4 aliphatic carbocycles. The molecule has 4 aliphatic rings. The van der Waals surface area contributed by atoms with Gasteiger partial charge < -0.3 is 15.7 Å². The lowest BCUT2D eigenvalue weighted by Gasteiger charge is -2.39. The van der Waals surface area contributed by atoms with Gasteiger partial charge in [-0.15, -0.1) is 0 Å². The average molecular weight is 278 g/mol. The Morgan fingerprint density at radius 3 is 2.60 bits per heavy atom. The number of aliphatic hydroxyl groups excluding tert-OH is 1. The number of hydrogen-bond acceptors (Lipinski definition) is 3. The molecule has 4 rings (SSSR count). The summed E-state index contributed by atoms with van der Waals surface area (Å²) in [4.78, 5) is 11.9. The Kier molecular flexibility index (Phi) is 3.08. The molecule has 0 aromatic rings. The fourth-order valence-electron chi connectivity index (χ4n) is 5.20. The van der Waals surface area contributed by atoms with Crippen molar-refractivity contribution in [3.63, 3.8) is 0 Å². The van der Waals surface area contributed by atoms with Crippen LogP contribution in [0.1, 0.15) is 51.4 Å². The first kappa shape index (κ1) is 13.1. The number of aliphatic hydroxyl groups is 1. The molecule has 4 heteroatoms. The van der Waals surface area contributed by atoms with Gasteiger partial charge in [0.15, 0.2) is 0 Å². The zero-order chi connectivity index (χ0) is 13.7. The highest BCUT2D eigenvalue weighted by Crippen LogP contribution is 2.55. The predicted molar refractivity (Wildman–Crippen MR) is 76.1 cm³/mol. The third kappa shape index (κ3) is 2.48. The summed E-state index contributed by atoms with van der Waals surface area (Å²) in [5, 5.41) is 16.7. The Hall–Kier alpha value is -0.610. The largest absolute Gasteiger partial charge is 0.393 e. The van der Waals surface area contributed by atoms with Crippen LogP contribution in [-0.4, -0.2) is 35.2 Å². The molecule has 20 heavy (non-hydrogen) atoms. The van der Waals surface area contributed by atoms with E-state index in [-0.39, 0.29) is 17.6 Å². The third-order valence-electron chi connectivity index (χ3n) is 6.03. The van der Waals surface area contributed by atoms with Crippen LogP contribution < -0.4 is 10.6 Å². The van der Waals surface area contributed by atoms with Gasteiger partial charge in [0.25, 0.3) is 0 Å². The average Bonchev–Trinajstić information content (AvgIpc) is 3.15. The second kappa shape index (κ2) is 4.70. The Bertz CT molecular complexity index is 405. The van der Waals surface area contributed by atoms with Crippen molar-refractivity contribution in [1.82, 2.24) is 10.6 Å². The maximum atomic E-state index is 11.9. The minimum absolute atomic E-state index is 0.0794. The maximum Gasteiger partial charge on any atom is 0.234 e. The third-order valence-corrected chi connectivity index (χ3v) is 6.03. The zero-order valence-corrected chi connectivity index (χ0v) is 12.1. The van der Waals surface area contributed by atoms with Gasteiger partial charge in [-0.25, -0.2) is 0 Å². The van der Waals surface area contributed by atoms with Crippen LogP contribution in [-0.2, 0) is 4.79 Å². The van der Waals surface area contributed by atoms with E-state index in [1.54, 1.807) is 0 Å². The fourth-order valence-corrected chi connectivity index (χ4v) is 5.20. The van der Waals surface area contributed by atoms with Gasteiger partial charge in [0.2, 0.25) is 5.91 Å². The van der Waals surface area contributed by atoms with Gasteiger partial charge in [-0.05, 0) is 69.1 Å². The highest BCUT2D eigenvalue weighted by atomic mass is 16.3. The lowest BCUT2D eigenvalue weighted by molar-refractivity contribution is -0.120. The molecular formula is C16H26N2O2. The van der Waals surface area contributed by atoms with E-state index in [9.17, 15) is 9.90 Å². The standard InChI is InChI=1S/C16H26N2O2/c19-14-4-10-3-11-7-16(6-10,8-12(11)5-14)17-9-15(20)18-13-1-2-13/h10-14,17,19H,1-9H2,(H,18,20). The molecule has 0 spiro atoms. The van der Waals surface area contributed by atoms with Crippen molar-refractivity contribution < 1.29 is 9.90 Å². The molecule has 4 fully saturated rings. The summed E-state index contributed by atoms with van der Waals surface area (Å²) in [5.74, 6) is 2.29. The van der Waals surface area contributed by atoms with E-state index in [1.165, 1.54) is 19.3 Å². The first-order chi connectivity index (χ1) is 9.62. The normalized spacial score (nSPS) is 46.2. The van der Waals surface area contributed by atoms with Crippen molar-refractivity contribution in [3.8, 4) is 0 Å². The number of rotatable bonds is 4. The molecule has 0 aliphatic heterocycles. The molecule has 4 saturated carbocycles. The van der Waals surface area contributed by atoms with E-state index in [0.717, 1.165) is 38.0 Å². The van der Waals surface area contributed by atoms with Crippen LogP contribution in [0.15, 0.2) is 0 Å². The summed E-state index contributed by atoms with van der Waals surface area (Å²) < 4.78 is 0. The van der Waals surface area contributed by atoms with Crippen molar-refractivity contribution in [2.24, 2.45) is 17.8 Å². The summed E-state index contributed by atoms with van der Waals surface area (Å²) in [6, 6.07) is 0.457. The van der Waals surface area contributed by atoms with E-state index in [0.29, 0.717) is 24.4 Å².